The average molecular weight is 338 g/mol. The molecule has 0 heterocycles. The second kappa shape index (κ2) is 6.19. The van der Waals surface area contributed by atoms with E-state index >= 15 is 0 Å². The number of hydrogen-bond donors (Lipinski definition) is 0. The molecule has 0 saturated carbocycles. The second-order valence-electron chi connectivity index (χ2n) is 2.29. The van der Waals surface area contributed by atoms with E-state index in [2.05, 4.69) is 6.08 Å². The SMILES string of the molecule is ClC1=CC=CCCCC1.[Pt]. The van der Waals surface area contributed by atoms with E-state index in [1.807, 2.05) is 12.2 Å². The van der Waals surface area contributed by atoms with Gasteiger partial charge < -0.3 is 0 Å². The summed E-state index contributed by atoms with van der Waals surface area (Å²) in [6, 6.07) is 0. The van der Waals surface area contributed by atoms with Crippen LogP contribution in [0.1, 0.15) is 25.7 Å². The molecule has 10 heavy (non-hydrogen) atoms. The molecule has 0 aliphatic heterocycles. The minimum Gasteiger partial charge on any atom is -0.0892 e. The van der Waals surface area contributed by atoms with Gasteiger partial charge in [-0.2, -0.15) is 0 Å². The van der Waals surface area contributed by atoms with E-state index in [1.54, 1.807) is 0 Å². The van der Waals surface area contributed by atoms with Crippen molar-refractivity contribution in [1.82, 2.24) is 0 Å². The van der Waals surface area contributed by atoms with Crippen molar-refractivity contribution in [2.75, 3.05) is 0 Å². The second-order valence-corrected chi connectivity index (χ2v) is 2.77. The summed E-state index contributed by atoms with van der Waals surface area (Å²) >= 11 is 5.80. The molecule has 60 valence electrons. The van der Waals surface area contributed by atoms with Crippen molar-refractivity contribution in [2.24, 2.45) is 0 Å². The Labute approximate surface area is 81.6 Å². The quantitative estimate of drug-likeness (QED) is 0.636. The summed E-state index contributed by atoms with van der Waals surface area (Å²) in [5.74, 6) is 0. The number of hydrogen-bond acceptors (Lipinski definition) is 0. The predicted octanol–water partition coefficient (Wildman–Crippen LogP) is 3.24. The van der Waals surface area contributed by atoms with Crippen molar-refractivity contribution < 1.29 is 21.1 Å². The summed E-state index contributed by atoms with van der Waals surface area (Å²) in [4.78, 5) is 0. The summed E-state index contributed by atoms with van der Waals surface area (Å²) in [6.45, 7) is 0. The maximum absolute atomic E-state index is 5.80. The molecule has 1 aliphatic carbocycles. The van der Waals surface area contributed by atoms with Crippen LogP contribution in [0.3, 0.4) is 0 Å². The minimum absolute atomic E-state index is 0. The maximum atomic E-state index is 5.80. The summed E-state index contributed by atoms with van der Waals surface area (Å²) in [5.41, 5.74) is 0. The van der Waals surface area contributed by atoms with Crippen LogP contribution in [0, 0.1) is 0 Å². The molecule has 0 radical (unpaired) electrons. The molecular weight excluding hydrogens is 327 g/mol. The van der Waals surface area contributed by atoms with Crippen LogP contribution in [0.15, 0.2) is 23.3 Å². The van der Waals surface area contributed by atoms with Crippen molar-refractivity contribution >= 4 is 11.6 Å². The van der Waals surface area contributed by atoms with Gasteiger partial charge in [-0.1, -0.05) is 23.8 Å². The summed E-state index contributed by atoms with van der Waals surface area (Å²) in [6.07, 6.45) is 11.0. The molecule has 0 saturated heterocycles. The van der Waals surface area contributed by atoms with Crippen LogP contribution >= 0.6 is 11.6 Å². The third-order valence-corrected chi connectivity index (χ3v) is 1.76. The van der Waals surface area contributed by atoms with Gasteiger partial charge in [0.25, 0.3) is 0 Å². The van der Waals surface area contributed by atoms with Crippen molar-refractivity contribution in [2.45, 2.75) is 25.7 Å². The fraction of sp³-hybridized carbons (Fsp3) is 0.500. The molecule has 0 atom stereocenters. The molecule has 0 N–H and O–H groups in total. The minimum atomic E-state index is 0. The van der Waals surface area contributed by atoms with E-state index in [0.29, 0.717) is 0 Å². The van der Waals surface area contributed by atoms with Gasteiger partial charge in [-0.3, -0.25) is 0 Å². The van der Waals surface area contributed by atoms with E-state index in [0.717, 1.165) is 11.5 Å². The fourth-order valence-corrected chi connectivity index (χ4v) is 1.11. The standard InChI is InChI=1S/C8H11Cl.Pt/c9-8-6-4-2-1-3-5-7-8;/h2,4,6H,1,3,5,7H2;. The normalized spacial score (nSPS) is 18.3. The fourth-order valence-electron chi connectivity index (χ4n) is 0.908. The van der Waals surface area contributed by atoms with Gasteiger partial charge in [0.1, 0.15) is 0 Å². The average Bonchev–Trinajstić information content (AvgIpc) is 1.79. The monoisotopic (exact) mass is 337 g/mol. The Hall–Kier alpha value is 0.458. The largest absolute Gasteiger partial charge is 0.0892 e. The van der Waals surface area contributed by atoms with Crippen LogP contribution in [-0.2, 0) is 21.1 Å². The molecule has 0 unspecified atom stereocenters. The van der Waals surface area contributed by atoms with Crippen LogP contribution < -0.4 is 0 Å². The first-order chi connectivity index (χ1) is 4.39. The van der Waals surface area contributed by atoms with E-state index in [-0.39, 0.29) is 21.1 Å². The first-order valence-corrected chi connectivity index (χ1v) is 3.78. The molecule has 0 bridgehead atoms. The summed E-state index contributed by atoms with van der Waals surface area (Å²) in [5, 5.41) is 0.992. The molecule has 0 nitrogen and oxygen atoms in total. The molecule has 0 aromatic heterocycles. The van der Waals surface area contributed by atoms with Crippen LogP contribution in [-0.4, -0.2) is 0 Å². The molecular formula is C8H11ClPt. The third-order valence-electron chi connectivity index (χ3n) is 1.45. The molecule has 0 aromatic rings. The zero-order valence-corrected chi connectivity index (χ0v) is 8.78. The Morgan fingerprint density at radius 1 is 1.30 bits per heavy atom. The molecule has 2 heteroatoms. The molecule has 1 aliphatic rings. The molecule has 0 amide bonds. The maximum Gasteiger partial charge on any atom is 0.0180 e. The van der Waals surface area contributed by atoms with Gasteiger partial charge in [-0.05, 0) is 31.8 Å². The van der Waals surface area contributed by atoms with Gasteiger partial charge in [0.15, 0.2) is 0 Å². The van der Waals surface area contributed by atoms with Gasteiger partial charge in [-0.15, -0.1) is 0 Å². The van der Waals surface area contributed by atoms with Gasteiger partial charge in [0.05, 0.1) is 0 Å². The van der Waals surface area contributed by atoms with Gasteiger partial charge >= 0.3 is 0 Å². The molecule has 0 aromatic carbocycles. The summed E-state index contributed by atoms with van der Waals surface area (Å²) < 4.78 is 0. The van der Waals surface area contributed by atoms with Crippen molar-refractivity contribution in [1.29, 1.82) is 0 Å². The zero-order valence-electron chi connectivity index (χ0n) is 5.75. The van der Waals surface area contributed by atoms with Crippen molar-refractivity contribution in [3.63, 3.8) is 0 Å². The van der Waals surface area contributed by atoms with Gasteiger partial charge in [0.2, 0.25) is 0 Å². The Balaban J connectivity index is 0.000000810. The van der Waals surface area contributed by atoms with Crippen molar-refractivity contribution in [3.05, 3.63) is 23.3 Å². The Morgan fingerprint density at radius 2 is 2.10 bits per heavy atom. The predicted molar refractivity (Wildman–Crippen MR) is 41.5 cm³/mol. The van der Waals surface area contributed by atoms with E-state index < -0.39 is 0 Å². The van der Waals surface area contributed by atoms with Crippen LogP contribution in [0.2, 0.25) is 0 Å². The van der Waals surface area contributed by atoms with Crippen LogP contribution in [0.4, 0.5) is 0 Å². The van der Waals surface area contributed by atoms with Crippen molar-refractivity contribution in [3.8, 4) is 0 Å². The number of halogens is 1. The summed E-state index contributed by atoms with van der Waals surface area (Å²) in [7, 11) is 0. The van der Waals surface area contributed by atoms with E-state index in [9.17, 15) is 0 Å². The van der Waals surface area contributed by atoms with Crippen LogP contribution in [0.5, 0.6) is 0 Å². The molecule has 1 rings (SSSR count). The smallest absolute Gasteiger partial charge is 0.0180 e. The number of rotatable bonds is 0. The molecule has 0 spiro atoms. The zero-order chi connectivity index (χ0) is 6.53. The Morgan fingerprint density at radius 3 is 2.90 bits per heavy atom. The van der Waals surface area contributed by atoms with E-state index in [1.165, 1.54) is 19.3 Å². The van der Waals surface area contributed by atoms with Crippen LogP contribution in [0.25, 0.3) is 0 Å². The third kappa shape index (κ3) is 4.30. The Bertz CT molecular complexity index is 138. The van der Waals surface area contributed by atoms with Gasteiger partial charge in [0, 0.05) is 26.1 Å². The molecule has 0 fully saturated rings. The van der Waals surface area contributed by atoms with Gasteiger partial charge in [-0.25, -0.2) is 0 Å². The number of allylic oxidation sites excluding steroid dienone is 4. The van der Waals surface area contributed by atoms with E-state index in [4.69, 9.17) is 11.6 Å². The first-order valence-electron chi connectivity index (χ1n) is 3.41. The first kappa shape index (κ1) is 10.5. The Kier molecular flexibility index (Phi) is 6.47. The topological polar surface area (TPSA) is 0 Å².